The molecule has 0 saturated heterocycles. The van der Waals surface area contributed by atoms with Gasteiger partial charge in [-0.05, 0) is 23.6 Å². The van der Waals surface area contributed by atoms with Crippen molar-refractivity contribution in [2.24, 2.45) is 5.73 Å². The van der Waals surface area contributed by atoms with Gasteiger partial charge >= 0.3 is 0 Å². The fourth-order valence-corrected chi connectivity index (χ4v) is 2.73. The highest BCUT2D eigenvalue weighted by Crippen LogP contribution is 2.43. The zero-order valence-corrected chi connectivity index (χ0v) is 10.6. The van der Waals surface area contributed by atoms with E-state index in [2.05, 4.69) is 23.2 Å². The largest absolute Gasteiger partial charge is 0.383 e. The lowest BCUT2D eigenvalue weighted by molar-refractivity contribution is 0.500. The summed E-state index contributed by atoms with van der Waals surface area (Å²) in [6.07, 6.45) is 2.53. The van der Waals surface area contributed by atoms with Gasteiger partial charge in [-0.3, -0.25) is 0 Å². The van der Waals surface area contributed by atoms with Gasteiger partial charge in [0.05, 0.1) is 5.02 Å². The number of aromatic nitrogens is 1. The number of fused-ring (bicyclic) bond motifs is 1. The van der Waals surface area contributed by atoms with E-state index in [0.29, 0.717) is 16.8 Å². The quantitative estimate of drug-likeness (QED) is 0.871. The van der Waals surface area contributed by atoms with Crippen molar-refractivity contribution in [1.29, 1.82) is 0 Å². The molecule has 18 heavy (non-hydrogen) atoms. The second-order valence-electron chi connectivity index (χ2n) is 4.66. The number of nitrogens with two attached hydrogens (primary N) is 2. The molecule has 2 unspecified atom stereocenters. The van der Waals surface area contributed by atoms with Gasteiger partial charge in [-0.2, -0.15) is 0 Å². The number of rotatable bonds is 2. The van der Waals surface area contributed by atoms with Gasteiger partial charge in [0.25, 0.3) is 0 Å². The van der Waals surface area contributed by atoms with Crippen molar-refractivity contribution >= 4 is 17.4 Å². The maximum absolute atomic E-state index is 6.31. The van der Waals surface area contributed by atoms with E-state index in [9.17, 15) is 0 Å². The topological polar surface area (TPSA) is 64.9 Å². The maximum Gasteiger partial charge on any atom is 0.128 e. The second kappa shape index (κ2) is 4.26. The van der Waals surface area contributed by atoms with Crippen LogP contribution in [0.2, 0.25) is 5.02 Å². The number of hydrogen-bond donors (Lipinski definition) is 2. The summed E-state index contributed by atoms with van der Waals surface area (Å²) >= 11 is 5.95. The first-order valence-electron chi connectivity index (χ1n) is 5.91. The minimum absolute atomic E-state index is 0.147. The summed E-state index contributed by atoms with van der Waals surface area (Å²) in [6, 6.07) is 10.0. The van der Waals surface area contributed by atoms with E-state index < -0.39 is 0 Å². The number of hydrogen-bond acceptors (Lipinski definition) is 3. The van der Waals surface area contributed by atoms with Crippen LogP contribution in [0.4, 0.5) is 5.82 Å². The Kier molecular flexibility index (Phi) is 2.73. The number of nitrogens with zero attached hydrogens (tertiary/aromatic N) is 1. The Morgan fingerprint density at radius 2 is 2.11 bits per heavy atom. The standard InChI is InChI=1S/C14H14ClN3/c15-9-6-12(14(17)18-7-9)13(16)11-5-8-3-1-2-4-10(8)11/h1-4,6-7,11,13H,5,16H2,(H2,17,18). The van der Waals surface area contributed by atoms with Crippen molar-refractivity contribution in [3.8, 4) is 0 Å². The third-order valence-electron chi connectivity index (χ3n) is 3.60. The Hall–Kier alpha value is -1.58. The number of nitrogen functional groups attached to an aromatic ring is 1. The molecular weight excluding hydrogens is 246 g/mol. The predicted molar refractivity (Wildman–Crippen MR) is 73.5 cm³/mol. The molecule has 92 valence electrons. The SMILES string of the molecule is Nc1ncc(Cl)cc1C(N)C1Cc2ccccc21. The van der Waals surface area contributed by atoms with Crippen molar-refractivity contribution in [3.63, 3.8) is 0 Å². The van der Waals surface area contributed by atoms with Crippen molar-refractivity contribution in [2.45, 2.75) is 18.4 Å². The van der Waals surface area contributed by atoms with Crippen LogP contribution in [-0.2, 0) is 6.42 Å². The van der Waals surface area contributed by atoms with Crippen molar-refractivity contribution < 1.29 is 0 Å². The summed E-state index contributed by atoms with van der Waals surface area (Å²) in [7, 11) is 0. The Labute approximate surface area is 111 Å². The molecule has 1 heterocycles. The molecule has 0 saturated carbocycles. The van der Waals surface area contributed by atoms with Gasteiger partial charge in [0.15, 0.2) is 0 Å². The molecule has 1 aromatic heterocycles. The molecule has 3 rings (SSSR count). The highest BCUT2D eigenvalue weighted by atomic mass is 35.5. The summed E-state index contributed by atoms with van der Waals surface area (Å²) in [5, 5.41) is 0.572. The van der Waals surface area contributed by atoms with Crippen molar-refractivity contribution in [1.82, 2.24) is 4.98 Å². The molecule has 1 aromatic carbocycles. The molecule has 1 aliphatic carbocycles. The summed E-state index contributed by atoms with van der Waals surface area (Å²) in [5.41, 5.74) is 15.7. The van der Waals surface area contributed by atoms with Crippen LogP contribution < -0.4 is 11.5 Å². The van der Waals surface area contributed by atoms with E-state index in [4.69, 9.17) is 23.1 Å². The number of benzene rings is 1. The third kappa shape index (κ3) is 1.76. The van der Waals surface area contributed by atoms with Crippen molar-refractivity contribution in [2.75, 3.05) is 5.73 Å². The summed E-state index contributed by atoms with van der Waals surface area (Å²) < 4.78 is 0. The first-order valence-corrected chi connectivity index (χ1v) is 6.29. The van der Waals surface area contributed by atoms with E-state index in [1.54, 1.807) is 6.20 Å². The molecule has 2 atom stereocenters. The molecule has 3 nitrogen and oxygen atoms in total. The molecule has 2 aromatic rings. The van der Waals surface area contributed by atoms with E-state index in [-0.39, 0.29) is 6.04 Å². The zero-order chi connectivity index (χ0) is 12.7. The normalized spacial score (nSPS) is 18.9. The Bertz CT molecular complexity index is 597. The number of halogens is 1. The molecular formula is C14H14ClN3. The average Bonchev–Trinajstić information content (AvgIpc) is 2.33. The Morgan fingerprint density at radius 3 is 2.89 bits per heavy atom. The van der Waals surface area contributed by atoms with Gasteiger partial charge in [0.2, 0.25) is 0 Å². The van der Waals surface area contributed by atoms with E-state index in [1.807, 2.05) is 12.1 Å². The molecule has 0 amide bonds. The summed E-state index contributed by atoms with van der Waals surface area (Å²) in [4.78, 5) is 4.06. The molecule has 0 radical (unpaired) electrons. The average molecular weight is 260 g/mol. The minimum atomic E-state index is -0.147. The van der Waals surface area contributed by atoms with Crippen molar-refractivity contribution in [3.05, 3.63) is 58.2 Å². The van der Waals surface area contributed by atoms with Gasteiger partial charge in [-0.1, -0.05) is 35.9 Å². The van der Waals surface area contributed by atoms with E-state index >= 15 is 0 Å². The second-order valence-corrected chi connectivity index (χ2v) is 5.10. The van der Waals surface area contributed by atoms with Crippen LogP contribution in [0.5, 0.6) is 0 Å². The molecule has 1 aliphatic rings. The fraction of sp³-hybridized carbons (Fsp3) is 0.214. The Morgan fingerprint density at radius 1 is 1.33 bits per heavy atom. The zero-order valence-electron chi connectivity index (χ0n) is 9.81. The smallest absolute Gasteiger partial charge is 0.128 e. The summed E-state index contributed by atoms with van der Waals surface area (Å²) in [5.74, 6) is 0.778. The van der Waals surface area contributed by atoms with Gasteiger partial charge in [-0.15, -0.1) is 0 Å². The third-order valence-corrected chi connectivity index (χ3v) is 3.81. The van der Waals surface area contributed by atoms with Gasteiger partial charge < -0.3 is 11.5 Å². The first-order chi connectivity index (χ1) is 8.66. The summed E-state index contributed by atoms with van der Waals surface area (Å²) in [6.45, 7) is 0. The van der Waals surface area contributed by atoms with Gasteiger partial charge in [0.1, 0.15) is 5.82 Å². The lowest BCUT2D eigenvalue weighted by Crippen LogP contribution is -2.29. The molecule has 4 heteroatoms. The lowest BCUT2D eigenvalue weighted by atomic mass is 9.72. The monoisotopic (exact) mass is 259 g/mol. The number of pyridine rings is 1. The van der Waals surface area contributed by atoms with Crippen LogP contribution in [0.3, 0.4) is 0 Å². The van der Waals surface area contributed by atoms with Gasteiger partial charge in [0, 0.05) is 23.7 Å². The Balaban J connectivity index is 1.93. The van der Waals surface area contributed by atoms with Crippen LogP contribution in [-0.4, -0.2) is 4.98 Å². The first kappa shape index (κ1) is 11.5. The molecule has 0 bridgehead atoms. The molecule has 0 spiro atoms. The van der Waals surface area contributed by atoms with Gasteiger partial charge in [-0.25, -0.2) is 4.98 Å². The number of anilines is 1. The van der Waals surface area contributed by atoms with E-state index in [0.717, 1.165) is 12.0 Å². The van der Waals surface area contributed by atoms with Crippen LogP contribution in [0.25, 0.3) is 0 Å². The lowest BCUT2D eigenvalue weighted by Gasteiger charge is -2.35. The predicted octanol–water partition coefficient (Wildman–Crippen LogP) is 2.66. The molecule has 4 N–H and O–H groups in total. The molecule has 0 fully saturated rings. The van der Waals surface area contributed by atoms with Crippen LogP contribution in [0, 0.1) is 0 Å². The van der Waals surface area contributed by atoms with Crippen LogP contribution in [0.1, 0.15) is 28.7 Å². The van der Waals surface area contributed by atoms with Crippen LogP contribution in [0.15, 0.2) is 36.5 Å². The maximum atomic E-state index is 6.31. The fourth-order valence-electron chi connectivity index (χ4n) is 2.57. The highest BCUT2D eigenvalue weighted by Gasteiger charge is 2.32. The molecule has 0 aliphatic heterocycles. The van der Waals surface area contributed by atoms with Crippen LogP contribution >= 0.6 is 11.6 Å². The minimum Gasteiger partial charge on any atom is -0.383 e. The highest BCUT2D eigenvalue weighted by molar-refractivity contribution is 6.30. The van der Waals surface area contributed by atoms with E-state index in [1.165, 1.54) is 11.1 Å².